The van der Waals surface area contributed by atoms with E-state index in [1.165, 1.54) is 17.3 Å². The van der Waals surface area contributed by atoms with Crippen molar-refractivity contribution in [3.63, 3.8) is 0 Å². The van der Waals surface area contributed by atoms with Gasteiger partial charge in [-0.3, -0.25) is 4.79 Å². The van der Waals surface area contributed by atoms with Crippen LogP contribution in [0.15, 0.2) is 64.4 Å². The van der Waals surface area contributed by atoms with Gasteiger partial charge in [0.05, 0.1) is 17.6 Å². The van der Waals surface area contributed by atoms with E-state index in [4.69, 9.17) is 0 Å². The average molecular weight is 402 g/mol. The Kier molecular flexibility index (Phi) is 5.37. The molecule has 0 saturated carbocycles. The van der Waals surface area contributed by atoms with Gasteiger partial charge in [-0.2, -0.15) is 0 Å². The maximum Gasteiger partial charge on any atom is 0.234 e. The Morgan fingerprint density at radius 3 is 2.58 bits per heavy atom. The number of amides is 1. The molecule has 0 fully saturated rings. The first-order valence-corrected chi connectivity index (χ1v) is 9.18. The van der Waals surface area contributed by atoms with E-state index in [-0.39, 0.29) is 5.91 Å². The van der Waals surface area contributed by atoms with E-state index in [0.29, 0.717) is 5.75 Å². The van der Waals surface area contributed by atoms with Crippen LogP contribution in [-0.4, -0.2) is 21.6 Å². The highest BCUT2D eigenvalue weighted by Crippen LogP contribution is 2.23. The van der Waals surface area contributed by atoms with E-state index in [2.05, 4.69) is 31.2 Å². The van der Waals surface area contributed by atoms with Gasteiger partial charge in [-0.25, -0.2) is 4.98 Å². The van der Waals surface area contributed by atoms with E-state index in [9.17, 15) is 4.79 Å². The predicted octanol–water partition coefficient (Wildman–Crippen LogP) is 4.88. The highest BCUT2D eigenvalue weighted by Gasteiger charge is 2.07. The number of aromatic amines is 1. The van der Waals surface area contributed by atoms with Crippen LogP contribution in [0, 0.1) is 6.92 Å². The molecule has 24 heavy (non-hydrogen) atoms. The molecular formula is C18H16BrN3OS. The Labute approximate surface area is 153 Å². The summed E-state index contributed by atoms with van der Waals surface area (Å²) in [7, 11) is 0. The molecule has 2 aromatic carbocycles. The minimum absolute atomic E-state index is 0.0505. The van der Waals surface area contributed by atoms with E-state index in [1.807, 2.05) is 55.5 Å². The number of rotatable bonds is 5. The molecule has 1 heterocycles. The maximum absolute atomic E-state index is 12.0. The number of hydrogen-bond donors (Lipinski definition) is 2. The van der Waals surface area contributed by atoms with Crippen molar-refractivity contribution in [1.82, 2.24) is 9.97 Å². The van der Waals surface area contributed by atoms with E-state index in [1.54, 1.807) is 6.20 Å². The Bertz CT molecular complexity index is 828. The summed E-state index contributed by atoms with van der Waals surface area (Å²) in [4.78, 5) is 19.6. The van der Waals surface area contributed by atoms with Crippen molar-refractivity contribution in [2.75, 3.05) is 11.1 Å². The maximum atomic E-state index is 12.0. The third-order valence-electron chi connectivity index (χ3n) is 3.38. The fourth-order valence-electron chi connectivity index (χ4n) is 2.12. The SMILES string of the molecule is Cc1ccc(NC(=O)CSc2ncc(-c3ccc(Br)cc3)[nH]2)cc1. The molecule has 0 atom stereocenters. The Hall–Kier alpha value is -2.05. The second kappa shape index (κ2) is 7.68. The number of halogens is 1. The molecule has 0 aliphatic carbocycles. The fraction of sp³-hybridized carbons (Fsp3) is 0.111. The molecular weight excluding hydrogens is 386 g/mol. The fourth-order valence-corrected chi connectivity index (χ4v) is 3.03. The van der Waals surface area contributed by atoms with Gasteiger partial charge >= 0.3 is 0 Å². The molecule has 3 aromatic rings. The molecule has 0 aliphatic rings. The van der Waals surface area contributed by atoms with Crippen molar-refractivity contribution in [1.29, 1.82) is 0 Å². The number of imidazole rings is 1. The van der Waals surface area contributed by atoms with Gasteiger partial charge in [0.2, 0.25) is 5.91 Å². The molecule has 0 radical (unpaired) electrons. The quantitative estimate of drug-likeness (QED) is 0.599. The smallest absolute Gasteiger partial charge is 0.234 e. The summed E-state index contributed by atoms with van der Waals surface area (Å²) in [5.41, 5.74) is 3.96. The van der Waals surface area contributed by atoms with E-state index >= 15 is 0 Å². The number of anilines is 1. The predicted molar refractivity (Wildman–Crippen MR) is 102 cm³/mol. The highest BCUT2D eigenvalue weighted by atomic mass is 79.9. The largest absolute Gasteiger partial charge is 0.333 e. The Morgan fingerprint density at radius 2 is 1.88 bits per heavy atom. The minimum atomic E-state index is -0.0505. The number of carbonyl (C=O) groups excluding carboxylic acids is 1. The van der Waals surface area contributed by atoms with Crippen LogP contribution < -0.4 is 5.32 Å². The number of benzene rings is 2. The summed E-state index contributed by atoms with van der Waals surface area (Å²) in [6.45, 7) is 2.02. The van der Waals surface area contributed by atoms with Crippen LogP contribution in [-0.2, 0) is 4.79 Å². The van der Waals surface area contributed by atoms with Gasteiger partial charge < -0.3 is 10.3 Å². The standard InChI is InChI=1S/C18H16BrN3OS/c1-12-2-8-15(9-3-12)21-17(23)11-24-18-20-10-16(22-18)13-4-6-14(19)7-5-13/h2-10H,11H2,1H3,(H,20,22)(H,21,23). The van der Waals surface area contributed by atoms with Crippen LogP contribution in [0.25, 0.3) is 11.3 Å². The number of H-pyrrole nitrogens is 1. The second-order valence-electron chi connectivity index (χ2n) is 5.31. The average Bonchev–Trinajstić information content (AvgIpc) is 3.05. The molecule has 2 N–H and O–H groups in total. The molecule has 0 saturated heterocycles. The lowest BCUT2D eigenvalue weighted by molar-refractivity contribution is -0.113. The number of carbonyl (C=O) groups is 1. The molecule has 1 aromatic heterocycles. The zero-order chi connectivity index (χ0) is 16.9. The molecule has 4 nitrogen and oxygen atoms in total. The van der Waals surface area contributed by atoms with E-state index < -0.39 is 0 Å². The zero-order valence-corrected chi connectivity index (χ0v) is 15.4. The number of aromatic nitrogens is 2. The van der Waals surface area contributed by atoms with Gasteiger partial charge in [0.1, 0.15) is 0 Å². The molecule has 6 heteroatoms. The van der Waals surface area contributed by atoms with Crippen molar-refractivity contribution in [3.8, 4) is 11.3 Å². The Balaban J connectivity index is 1.56. The van der Waals surface area contributed by atoms with Crippen molar-refractivity contribution in [3.05, 3.63) is 64.8 Å². The molecule has 0 bridgehead atoms. The topological polar surface area (TPSA) is 57.8 Å². The van der Waals surface area contributed by atoms with Gasteiger partial charge in [0.25, 0.3) is 0 Å². The van der Waals surface area contributed by atoms with Crippen molar-refractivity contribution in [2.45, 2.75) is 12.1 Å². The first-order valence-electron chi connectivity index (χ1n) is 7.40. The number of aryl methyl sites for hydroxylation is 1. The lowest BCUT2D eigenvalue weighted by atomic mass is 10.2. The van der Waals surface area contributed by atoms with Crippen LogP contribution >= 0.6 is 27.7 Å². The number of thioether (sulfide) groups is 1. The first-order chi connectivity index (χ1) is 11.6. The Morgan fingerprint density at radius 1 is 1.17 bits per heavy atom. The minimum Gasteiger partial charge on any atom is -0.333 e. The van der Waals surface area contributed by atoms with Gasteiger partial charge in [-0.1, -0.05) is 57.5 Å². The molecule has 1 amide bonds. The zero-order valence-electron chi connectivity index (χ0n) is 13.0. The van der Waals surface area contributed by atoms with Gasteiger partial charge in [0, 0.05) is 10.2 Å². The lowest BCUT2D eigenvalue weighted by Crippen LogP contribution is -2.14. The van der Waals surface area contributed by atoms with Crippen molar-refractivity contribution < 1.29 is 4.79 Å². The molecule has 122 valence electrons. The first kappa shape index (κ1) is 16.8. The van der Waals surface area contributed by atoms with Crippen LogP contribution in [0.2, 0.25) is 0 Å². The lowest BCUT2D eigenvalue weighted by Gasteiger charge is -2.04. The molecule has 0 spiro atoms. The summed E-state index contributed by atoms with van der Waals surface area (Å²) in [6, 6.07) is 15.7. The summed E-state index contributed by atoms with van der Waals surface area (Å²) < 4.78 is 1.04. The highest BCUT2D eigenvalue weighted by molar-refractivity contribution is 9.10. The monoisotopic (exact) mass is 401 g/mol. The normalized spacial score (nSPS) is 10.6. The summed E-state index contributed by atoms with van der Waals surface area (Å²) in [5, 5.41) is 3.61. The van der Waals surface area contributed by atoms with Gasteiger partial charge in [-0.15, -0.1) is 0 Å². The number of nitrogens with zero attached hydrogens (tertiary/aromatic N) is 1. The summed E-state index contributed by atoms with van der Waals surface area (Å²) in [6.07, 6.45) is 1.78. The van der Waals surface area contributed by atoms with Crippen molar-refractivity contribution >= 4 is 39.3 Å². The number of hydrogen-bond acceptors (Lipinski definition) is 3. The van der Waals surface area contributed by atoms with Crippen molar-refractivity contribution in [2.24, 2.45) is 0 Å². The molecule has 3 rings (SSSR count). The molecule has 0 unspecified atom stereocenters. The second-order valence-corrected chi connectivity index (χ2v) is 7.19. The number of nitrogens with one attached hydrogen (secondary N) is 2. The third-order valence-corrected chi connectivity index (χ3v) is 4.80. The van der Waals surface area contributed by atoms with Crippen LogP contribution in [0.5, 0.6) is 0 Å². The van der Waals surface area contributed by atoms with Gasteiger partial charge in [-0.05, 0) is 36.8 Å². The molecule has 0 aliphatic heterocycles. The summed E-state index contributed by atoms with van der Waals surface area (Å²) >= 11 is 4.80. The van der Waals surface area contributed by atoms with Crippen LogP contribution in [0.3, 0.4) is 0 Å². The third kappa shape index (κ3) is 4.49. The van der Waals surface area contributed by atoms with Gasteiger partial charge in [0.15, 0.2) is 5.16 Å². The van der Waals surface area contributed by atoms with Crippen LogP contribution in [0.1, 0.15) is 5.56 Å². The van der Waals surface area contributed by atoms with E-state index in [0.717, 1.165) is 26.6 Å². The van der Waals surface area contributed by atoms with Crippen LogP contribution in [0.4, 0.5) is 5.69 Å². The summed E-state index contributed by atoms with van der Waals surface area (Å²) in [5.74, 6) is 0.256.